The first-order valence-electron chi connectivity index (χ1n) is 4.44. The molecule has 0 bridgehead atoms. The SMILES string of the molecule is Cc1ccc(C2CC(=O)C2)c(Cl)c1. The van der Waals surface area contributed by atoms with Crippen molar-refractivity contribution in [1.29, 1.82) is 0 Å². The van der Waals surface area contributed by atoms with E-state index in [-0.39, 0.29) is 0 Å². The molecule has 0 radical (unpaired) electrons. The Hall–Kier alpha value is -0.820. The number of hydrogen-bond acceptors (Lipinski definition) is 1. The summed E-state index contributed by atoms with van der Waals surface area (Å²) in [6.07, 6.45) is 1.34. The van der Waals surface area contributed by atoms with Crippen LogP contribution in [-0.4, -0.2) is 5.78 Å². The number of Topliss-reactive ketones (excluding diaryl/α,β-unsaturated/α-hetero) is 1. The van der Waals surface area contributed by atoms with Crippen LogP contribution < -0.4 is 0 Å². The molecule has 0 saturated heterocycles. The number of carbonyl (C=O) groups is 1. The number of rotatable bonds is 1. The molecular formula is C11H11ClO. The van der Waals surface area contributed by atoms with Gasteiger partial charge >= 0.3 is 0 Å². The zero-order chi connectivity index (χ0) is 9.42. The normalized spacial score (nSPS) is 17.2. The molecule has 13 heavy (non-hydrogen) atoms. The van der Waals surface area contributed by atoms with Gasteiger partial charge in [-0.2, -0.15) is 0 Å². The maximum Gasteiger partial charge on any atom is 0.134 e. The third-order valence-corrected chi connectivity index (χ3v) is 2.87. The van der Waals surface area contributed by atoms with Crippen LogP contribution in [0.4, 0.5) is 0 Å². The van der Waals surface area contributed by atoms with Crippen molar-refractivity contribution in [2.75, 3.05) is 0 Å². The lowest BCUT2D eigenvalue weighted by atomic mass is 9.79. The Morgan fingerprint density at radius 1 is 1.38 bits per heavy atom. The predicted octanol–water partition coefficient (Wildman–Crippen LogP) is 3.09. The van der Waals surface area contributed by atoms with Crippen molar-refractivity contribution in [3.05, 3.63) is 34.3 Å². The number of hydrogen-bond donors (Lipinski definition) is 0. The van der Waals surface area contributed by atoms with E-state index in [0.29, 0.717) is 24.5 Å². The van der Waals surface area contributed by atoms with E-state index in [4.69, 9.17) is 11.6 Å². The molecule has 1 aromatic rings. The Kier molecular flexibility index (Phi) is 2.12. The summed E-state index contributed by atoms with van der Waals surface area (Å²) in [6.45, 7) is 2.02. The van der Waals surface area contributed by atoms with Gasteiger partial charge in [0.25, 0.3) is 0 Å². The van der Waals surface area contributed by atoms with E-state index in [9.17, 15) is 4.79 Å². The Morgan fingerprint density at radius 3 is 2.62 bits per heavy atom. The van der Waals surface area contributed by atoms with Crippen LogP contribution in [0.5, 0.6) is 0 Å². The molecule has 0 N–H and O–H groups in total. The van der Waals surface area contributed by atoms with Crippen molar-refractivity contribution < 1.29 is 4.79 Å². The van der Waals surface area contributed by atoms with E-state index in [2.05, 4.69) is 0 Å². The van der Waals surface area contributed by atoms with Crippen molar-refractivity contribution in [2.45, 2.75) is 25.7 Å². The quantitative estimate of drug-likeness (QED) is 0.672. The minimum atomic E-state index is 0.349. The summed E-state index contributed by atoms with van der Waals surface area (Å²) in [5, 5.41) is 0.803. The lowest BCUT2D eigenvalue weighted by Crippen LogP contribution is -2.21. The molecule has 0 amide bonds. The lowest BCUT2D eigenvalue weighted by molar-refractivity contribution is -0.124. The van der Waals surface area contributed by atoms with Gasteiger partial charge in [0, 0.05) is 17.9 Å². The molecule has 0 aliphatic heterocycles. The molecule has 0 spiro atoms. The molecule has 1 nitrogen and oxygen atoms in total. The number of carbonyl (C=O) groups excluding carboxylic acids is 1. The standard InChI is InChI=1S/C11H11ClO/c1-7-2-3-10(11(12)4-7)8-5-9(13)6-8/h2-4,8H,5-6H2,1H3. The lowest BCUT2D eigenvalue weighted by Gasteiger charge is -2.25. The number of ketones is 1. The monoisotopic (exact) mass is 194 g/mol. The van der Waals surface area contributed by atoms with Crippen LogP contribution in [0, 0.1) is 6.92 Å². The van der Waals surface area contributed by atoms with Crippen molar-refractivity contribution in [3.8, 4) is 0 Å². The second-order valence-electron chi connectivity index (χ2n) is 3.67. The smallest absolute Gasteiger partial charge is 0.134 e. The Morgan fingerprint density at radius 2 is 2.08 bits per heavy atom. The average molecular weight is 195 g/mol. The summed E-state index contributed by atoms with van der Waals surface area (Å²) in [4.78, 5) is 10.8. The first kappa shape index (κ1) is 8.76. The Bertz CT molecular complexity index is 349. The Balaban J connectivity index is 2.26. The van der Waals surface area contributed by atoms with Gasteiger partial charge in [-0.15, -0.1) is 0 Å². The summed E-state index contributed by atoms with van der Waals surface area (Å²) in [7, 11) is 0. The zero-order valence-corrected chi connectivity index (χ0v) is 8.27. The molecule has 0 heterocycles. The molecule has 1 aliphatic rings. The third kappa shape index (κ3) is 1.61. The van der Waals surface area contributed by atoms with Crippen LogP contribution >= 0.6 is 11.6 Å². The van der Waals surface area contributed by atoms with Gasteiger partial charge in [0.2, 0.25) is 0 Å². The van der Waals surface area contributed by atoms with Gasteiger partial charge in [-0.05, 0) is 30.0 Å². The maximum atomic E-state index is 10.8. The van der Waals surface area contributed by atoms with Crippen LogP contribution in [0.15, 0.2) is 18.2 Å². The molecule has 0 aromatic heterocycles. The number of aryl methyl sites for hydroxylation is 1. The molecule has 1 saturated carbocycles. The molecule has 1 aliphatic carbocycles. The van der Waals surface area contributed by atoms with E-state index in [1.54, 1.807) is 0 Å². The molecule has 0 atom stereocenters. The van der Waals surface area contributed by atoms with Crippen molar-refractivity contribution >= 4 is 17.4 Å². The predicted molar refractivity (Wildman–Crippen MR) is 53.2 cm³/mol. The summed E-state index contributed by atoms with van der Waals surface area (Å²) >= 11 is 6.07. The van der Waals surface area contributed by atoms with E-state index in [1.165, 1.54) is 5.56 Å². The third-order valence-electron chi connectivity index (χ3n) is 2.54. The van der Waals surface area contributed by atoms with Gasteiger partial charge in [-0.1, -0.05) is 23.7 Å². The van der Waals surface area contributed by atoms with E-state index >= 15 is 0 Å². The fraction of sp³-hybridized carbons (Fsp3) is 0.364. The first-order valence-corrected chi connectivity index (χ1v) is 4.82. The second kappa shape index (κ2) is 3.15. The average Bonchev–Trinajstić information content (AvgIpc) is 2.00. The maximum absolute atomic E-state index is 10.8. The van der Waals surface area contributed by atoms with E-state index in [0.717, 1.165) is 10.6 Å². The van der Waals surface area contributed by atoms with Crippen LogP contribution in [-0.2, 0) is 4.79 Å². The van der Waals surface area contributed by atoms with Crippen LogP contribution in [0.3, 0.4) is 0 Å². The van der Waals surface area contributed by atoms with Crippen molar-refractivity contribution in [3.63, 3.8) is 0 Å². The molecule has 0 unspecified atom stereocenters. The highest BCUT2D eigenvalue weighted by Gasteiger charge is 2.29. The number of benzene rings is 1. The number of halogens is 1. The molecule has 2 rings (SSSR count). The topological polar surface area (TPSA) is 17.1 Å². The summed E-state index contributed by atoms with van der Waals surface area (Å²) in [6, 6.07) is 6.04. The Labute approximate surface area is 82.7 Å². The second-order valence-corrected chi connectivity index (χ2v) is 4.08. The molecule has 1 aromatic carbocycles. The van der Waals surface area contributed by atoms with Crippen molar-refractivity contribution in [1.82, 2.24) is 0 Å². The van der Waals surface area contributed by atoms with Crippen molar-refractivity contribution in [2.24, 2.45) is 0 Å². The molecular weight excluding hydrogens is 184 g/mol. The van der Waals surface area contributed by atoms with E-state index < -0.39 is 0 Å². The highest BCUT2D eigenvalue weighted by molar-refractivity contribution is 6.31. The molecule has 1 fully saturated rings. The van der Waals surface area contributed by atoms with Gasteiger partial charge in [-0.25, -0.2) is 0 Å². The largest absolute Gasteiger partial charge is 0.300 e. The fourth-order valence-electron chi connectivity index (χ4n) is 1.67. The van der Waals surface area contributed by atoms with Gasteiger partial charge in [0.1, 0.15) is 5.78 Å². The van der Waals surface area contributed by atoms with Gasteiger partial charge in [0.15, 0.2) is 0 Å². The van der Waals surface area contributed by atoms with E-state index in [1.807, 2.05) is 25.1 Å². The van der Waals surface area contributed by atoms with Gasteiger partial charge < -0.3 is 0 Å². The highest BCUT2D eigenvalue weighted by Crippen LogP contribution is 2.37. The summed E-state index contributed by atoms with van der Waals surface area (Å²) in [5.74, 6) is 0.724. The summed E-state index contributed by atoms with van der Waals surface area (Å²) < 4.78 is 0. The van der Waals surface area contributed by atoms with Gasteiger partial charge in [-0.3, -0.25) is 4.79 Å². The highest BCUT2D eigenvalue weighted by atomic mass is 35.5. The summed E-state index contributed by atoms with van der Waals surface area (Å²) in [5.41, 5.74) is 2.30. The molecule has 68 valence electrons. The van der Waals surface area contributed by atoms with Crippen LogP contribution in [0.1, 0.15) is 29.9 Å². The van der Waals surface area contributed by atoms with Gasteiger partial charge in [0.05, 0.1) is 0 Å². The van der Waals surface area contributed by atoms with Crippen LogP contribution in [0.25, 0.3) is 0 Å². The first-order chi connectivity index (χ1) is 6.16. The fourth-order valence-corrected chi connectivity index (χ4v) is 2.06. The zero-order valence-electron chi connectivity index (χ0n) is 7.51. The molecule has 2 heteroatoms. The minimum absolute atomic E-state index is 0.349. The minimum Gasteiger partial charge on any atom is -0.300 e. The van der Waals surface area contributed by atoms with Crippen LogP contribution in [0.2, 0.25) is 5.02 Å².